The first-order chi connectivity index (χ1) is 20.8. The molecule has 15 heteroatoms. The van der Waals surface area contributed by atoms with Crippen molar-refractivity contribution in [2.75, 3.05) is 45.7 Å². The van der Waals surface area contributed by atoms with E-state index in [9.17, 15) is 0 Å². The van der Waals surface area contributed by atoms with E-state index < -0.39 is 0 Å². The van der Waals surface area contributed by atoms with Crippen molar-refractivity contribution < 1.29 is 121 Å². The van der Waals surface area contributed by atoms with Crippen LogP contribution in [0.2, 0.25) is 6.82 Å². The van der Waals surface area contributed by atoms with E-state index in [1.165, 1.54) is 160 Å². The Balaban J connectivity index is -0.0000000393. The van der Waals surface area contributed by atoms with Crippen molar-refractivity contribution in [1.82, 2.24) is 9.80 Å². The molecule has 0 aromatic heterocycles. The number of nitrogens with zero attached hydrogens (tertiary/aromatic N) is 8. The van der Waals surface area contributed by atoms with Crippen molar-refractivity contribution in [3.63, 3.8) is 0 Å². The molecule has 0 unspecified atom stereocenters. The van der Waals surface area contributed by atoms with Gasteiger partial charge in [-0.25, -0.2) is 5.26 Å². The number of nitriles is 6. The number of unbranched alkanes of at least 4 members (excludes halogenated alkanes) is 6. The van der Waals surface area contributed by atoms with E-state index in [1.807, 2.05) is 0 Å². The Labute approximate surface area is 390 Å². The molecular formula is C32H62B2Cl2K2N8O. The first kappa shape index (κ1) is 77.3. The van der Waals surface area contributed by atoms with Crippen molar-refractivity contribution in [2.24, 2.45) is 0 Å². The average molecular weight is 746 g/mol. The Kier molecular flexibility index (Phi) is 160. The van der Waals surface area contributed by atoms with Crippen LogP contribution < -0.4 is 115 Å². The number of halogens is 2. The summed E-state index contributed by atoms with van der Waals surface area (Å²) in [5, 5.41) is 43.7. The van der Waals surface area contributed by atoms with Gasteiger partial charge in [0.25, 0.3) is 7.28 Å². The fraction of sp³-hybridized carbons (Fsp3) is 0.812. The monoisotopic (exact) mass is 744 g/mol. The third-order valence-corrected chi connectivity index (χ3v) is 5.20. The molecule has 0 bridgehead atoms. The van der Waals surface area contributed by atoms with Crippen LogP contribution >= 0.6 is 11.6 Å². The van der Waals surface area contributed by atoms with E-state index in [0.717, 1.165) is 0 Å². The summed E-state index contributed by atoms with van der Waals surface area (Å²) in [5.41, 5.74) is 0. The Hall–Kier alpha value is 0.803. The zero-order valence-electron chi connectivity index (χ0n) is 31.7. The topological polar surface area (TPSA) is 181 Å². The van der Waals surface area contributed by atoms with Crippen LogP contribution in [0.5, 0.6) is 0 Å². The quantitative estimate of drug-likeness (QED) is 0.118. The van der Waals surface area contributed by atoms with Gasteiger partial charge in [0.15, 0.2) is 24.3 Å². The SMILES string of the molecule is CCCCN(CCCC)CCCC.CCCCN(CCCC)CCCC.CCl.C[B]C#N.N#CC#N.N#CC#N.O.[B-]C#N.[Cl-].[K+].[K+]. The normalized spacial score (nSPS) is 7.19. The van der Waals surface area contributed by atoms with E-state index in [1.54, 1.807) is 12.8 Å². The van der Waals surface area contributed by atoms with Gasteiger partial charge in [-0.1, -0.05) is 86.9 Å². The Bertz CT molecular complexity index is 628. The third kappa shape index (κ3) is 122. The predicted octanol–water partition coefficient (Wildman–Crippen LogP) is -1.66. The summed E-state index contributed by atoms with van der Waals surface area (Å²) in [6.45, 7) is 23.2. The predicted molar refractivity (Wildman–Crippen MR) is 189 cm³/mol. The molecule has 0 aliphatic heterocycles. The number of hydrogen-bond acceptors (Lipinski definition) is 8. The van der Waals surface area contributed by atoms with Crippen LogP contribution in [0.15, 0.2) is 0 Å². The zero-order valence-corrected chi connectivity index (χ0v) is 39.5. The molecule has 0 aliphatic rings. The van der Waals surface area contributed by atoms with Crippen molar-refractivity contribution in [3.05, 3.63) is 0 Å². The summed E-state index contributed by atoms with van der Waals surface area (Å²) in [7, 11) is 5.58. The molecule has 0 saturated carbocycles. The van der Waals surface area contributed by atoms with E-state index in [2.05, 4.69) is 70.8 Å². The van der Waals surface area contributed by atoms with Crippen molar-refractivity contribution >= 4 is 26.7 Å². The summed E-state index contributed by atoms with van der Waals surface area (Å²) < 4.78 is 0. The molecule has 0 aliphatic carbocycles. The molecule has 0 atom stereocenters. The molecule has 9 nitrogen and oxygen atoms in total. The van der Waals surface area contributed by atoms with Crippen LogP contribution in [0.1, 0.15) is 119 Å². The van der Waals surface area contributed by atoms with Crippen LogP contribution in [0, 0.1) is 67.8 Å². The summed E-state index contributed by atoms with van der Waals surface area (Å²) >= 11 is 4.64. The van der Waals surface area contributed by atoms with Gasteiger partial charge in [-0.2, -0.15) is 21.0 Å². The number of hydrogen-bond donors (Lipinski definition) is 0. The minimum absolute atomic E-state index is 0. The van der Waals surface area contributed by atoms with Crippen LogP contribution in [0.4, 0.5) is 0 Å². The van der Waals surface area contributed by atoms with E-state index >= 15 is 0 Å². The van der Waals surface area contributed by atoms with Crippen molar-refractivity contribution in [2.45, 2.75) is 125 Å². The maximum Gasteiger partial charge on any atom is 1.00 e. The molecule has 0 aromatic rings. The molecule has 0 amide bonds. The molecule has 0 rings (SSSR count). The number of rotatable bonds is 18. The number of alkyl halides is 1. The minimum Gasteiger partial charge on any atom is -1.00 e. The third-order valence-electron chi connectivity index (χ3n) is 5.20. The van der Waals surface area contributed by atoms with Crippen LogP contribution in [0.3, 0.4) is 0 Å². The molecule has 0 spiro atoms. The van der Waals surface area contributed by atoms with Gasteiger partial charge in [0.05, 0.1) is 0 Å². The summed E-state index contributed by atoms with van der Waals surface area (Å²) in [5.74, 6) is 3.06. The molecule has 0 heterocycles. The van der Waals surface area contributed by atoms with Crippen molar-refractivity contribution in [3.8, 4) is 36.2 Å². The van der Waals surface area contributed by atoms with Gasteiger partial charge in [-0.05, 0) is 83.8 Å². The average Bonchev–Trinajstić information content (AvgIpc) is 3.06. The Morgan fingerprint density at radius 3 is 0.702 bits per heavy atom. The summed E-state index contributed by atoms with van der Waals surface area (Å²) in [4.78, 5) is 5.27. The second-order valence-electron chi connectivity index (χ2n) is 8.80. The van der Waals surface area contributed by atoms with Crippen LogP contribution in [0.25, 0.3) is 0 Å². The van der Waals surface area contributed by atoms with Gasteiger partial charge in [0, 0.05) is 6.38 Å². The standard InChI is InChI=1S/2C12H27N.C2H3BN.2C2N2.CBN.CH3Cl.ClH.2K.H2O/c2*1-4-7-10-13(11-8-5-2)12-9-6-3;1-3-2-4;2*3-1-2-4;2-1-3;1-2;;;;/h2*4-12H2,1-3H3;1H3;;;;1H3;1H;;;1H2/q;;;;;-1;;;2*+1;/p-1. The molecule has 0 aromatic carbocycles. The smallest absolute Gasteiger partial charge is 1.00 e. The van der Waals surface area contributed by atoms with Gasteiger partial charge in [-0.3, -0.25) is 11.2 Å². The molecule has 47 heavy (non-hydrogen) atoms. The second-order valence-corrected chi connectivity index (χ2v) is 8.80. The maximum absolute atomic E-state index is 7.57. The summed E-state index contributed by atoms with van der Waals surface area (Å²) in [6.07, 6.45) is 17.7. The molecule has 258 valence electrons. The Morgan fingerprint density at radius 2 is 0.638 bits per heavy atom. The fourth-order valence-corrected chi connectivity index (χ4v) is 2.96. The largest absolute Gasteiger partial charge is 1.00 e. The van der Waals surface area contributed by atoms with Gasteiger partial charge < -0.3 is 35.5 Å². The van der Waals surface area contributed by atoms with Gasteiger partial charge in [0.1, 0.15) is 0 Å². The van der Waals surface area contributed by atoms with E-state index in [-0.39, 0.29) is 121 Å². The fourth-order valence-electron chi connectivity index (χ4n) is 2.96. The zero-order chi connectivity index (χ0) is 34.8. The van der Waals surface area contributed by atoms with Gasteiger partial charge in [-0.15, -0.1) is 11.6 Å². The second kappa shape index (κ2) is 97.1. The van der Waals surface area contributed by atoms with Gasteiger partial charge >= 0.3 is 103 Å². The van der Waals surface area contributed by atoms with Crippen molar-refractivity contribution in [1.29, 1.82) is 31.6 Å². The molecule has 0 fully saturated rings. The maximum atomic E-state index is 7.57. The van der Waals surface area contributed by atoms with Crippen LogP contribution in [-0.2, 0) is 0 Å². The van der Waals surface area contributed by atoms with E-state index in [4.69, 9.17) is 31.6 Å². The first-order valence-electron chi connectivity index (χ1n) is 15.5. The molecule has 2 N–H and O–H groups in total. The minimum atomic E-state index is 0. The Morgan fingerprint density at radius 1 is 0.511 bits per heavy atom. The van der Waals surface area contributed by atoms with Crippen LogP contribution in [-0.4, -0.2) is 76.1 Å². The molecule has 0 saturated heterocycles. The summed E-state index contributed by atoms with van der Waals surface area (Å²) in [6, 6.07) is 4.94. The molecule has 4 radical (unpaired) electrons. The van der Waals surface area contributed by atoms with Gasteiger partial charge in [0.2, 0.25) is 0 Å². The molecular weight excluding hydrogens is 683 g/mol. The van der Waals surface area contributed by atoms with E-state index in [0.29, 0.717) is 0 Å². The first-order valence-corrected chi connectivity index (χ1v) is 16.3.